The first-order chi connectivity index (χ1) is 10.1. The van der Waals surface area contributed by atoms with Crippen LogP contribution in [-0.2, 0) is 0 Å². The molecule has 0 heterocycles. The fourth-order valence-corrected chi connectivity index (χ4v) is 2.98. The Hall–Kier alpha value is -2.11. The van der Waals surface area contributed by atoms with Crippen LogP contribution < -0.4 is 5.32 Å². The molecule has 0 spiro atoms. The van der Waals surface area contributed by atoms with Gasteiger partial charge in [-0.25, -0.2) is 0 Å². The van der Waals surface area contributed by atoms with E-state index >= 15 is 0 Å². The number of anilines is 1. The maximum atomic E-state index is 12.6. The molecule has 1 saturated carbocycles. The number of carbonyl (C=O) groups excluding carboxylic acids is 1. The second kappa shape index (κ2) is 6.56. The van der Waals surface area contributed by atoms with Crippen LogP contribution in [0, 0.1) is 10.1 Å². The van der Waals surface area contributed by atoms with Crippen molar-refractivity contribution in [3.63, 3.8) is 0 Å². The van der Waals surface area contributed by atoms with Crippen LogP contribution in [0.3, 0.4) is 0 Å². The van der Waals surface area contributed by atoms with Gasteiger partial charge in [0.25, 0.3) is 11.6 Å². The third-order valence-corrected chi connectivity index (χ3v) is 4.08. The summed E-state index contributed by atoms with van der Waals surface area (Å²) in [5, 5.41) is 13.9. The van der Waals surface area contributed by atoms with Gasteiger partial charge in [0.1, 0.15) is 5.69 Å². The molecule has 0 saturated heterocycles. The van der Waals surface area contributed by atoms with E-state index in [-0.39, 0.29) is 17.6 Å². The molecule has 114 valence electrons. The molecule has 6 nitrogen and oxygen atoms in total. The van der Waals surface area contributed by atoms with Crippen LogP contribution in [0.15, 0.2) is 18.2 Å². The SMILES string of the molecule is CCN(C(=O)c1ccc(NC)c([N+](=O)[O-])c1)C1CCCC1. The van der Waals surface area contributed by atoms with Crippen LogP contribution in [0.2, 0.25) is 0 Å². The molecule has 0 unspecified atom stereocenters. The van der Waals surface area contributed by atoms with Crippen molar-refractivity contribution in [1.82, 2.24) is 4.90 Å². The van der Waals surface area contributed by atoms with Crippen LogP contribution in [0.25, 0.3) is 0 Å². The minimum Gasteiger partial charge on any atom is -0.383 e. The maximum Gasteiger partial charge on any atom is 0.293 e. The summed E-state index contributed by atoms with van der Waals surface area (Å²) in [6.07, 6.45) is 4.34. The molecule has 1 amide bonds. The van der Waals surface area contributed by atoms with Gasteiger partial charge in [-0.05, 0) is 31.9 Å². The highest BCUT2D eigenvalue weighted by Gasteiger charge is 2.27. The highest BCUT2D eigenvalue weighted by molar-refractivity contribution is 5.96. The van der Waals surface area contributed by atoms with Crippen molar-refractivity contribution in [2.75, 3.05) is 18.9 Å². The summed E-state index contributed by atoms with van der Waals surface area (Å²) >= 11 is 0. The van der Waals surface area contributed by atoms with E-state index in [0.29, 0.717) is 17.8 Å². The number of nitrogens with one attached hydrogen (secondary N) is 1. The monoisotopic (exact) mass is 291 g/mol. The Kier molecular flexibility index (Phi) is 4.77. The lowest BCUT2D eigenvalue weighted by molar-refractivity contribution is -0.384. The highest BCUT2D eigenvalue weighted by Crippen LogP contribution is 2.28. The number of nitro benzene ring substituents is 1. The summed E-state index contributed by atoms with van der Waals surface area (Å²) in [5.41, 5.74) is 0.737. The molecule has 0 atom stereocenters. The predicted octanol–water partition coefficient (Wildman–Crippen LogP) is 3.04. The van der Waals surface area contributed by atoms with Crippen molar-refractivity contribution in [2.24, 2.45) is 0 Å². The number of benzene rings is 1. The van der Waals surface area contributed by atoms with Gasteiger partial charge < -0.3 is 10.2 Å². The molecule has 0 aromatic heterocycles. The molecule has 0 aliphatic heterocycles. The molecule has 2 rings (SSSR count). The molecule has 0 radical (unpaired) electrons. The number of hydrogen-bond acceptors (Lipinski definition) is 4. The Morgan fingerprint density at radius 2 is 2.10 bits per heavy atom. The normalized spacial score (nSPS) is 15.0. The van der Waals surface area contributed by atoms with E-state index in [4.69, 9.17) is 0 Å². The predicted molar refractivity (Wildman–Crippen MR) is 81.6 cm³/mol. The third kappa shape index (κ3) is 3.15. The zero-order valence-electron chi connectivity index (χ0n) is 12.5. The Morgan fingerprint density at radius 1 is 1.43 bits per heavy atom. The molecule has 1 aliphatic carbocycles. The Morgan fingerprint density at radius 3 is 2.62 bits per heavy atom. The van der Waals surface area contributed by atoms with Gasteiger partial charge in [-0.2, -0.15) is 0 Å². The van der Waals surface area contributed by atoms with Gasteiger partial charge in [0.2, 0.25) is 0 Å². The minimum atomic E-state index is -0.464. The highest BCUT2D eigenvalue weighted by atomic mass is 16.6. The van der Waals surface area contributed by atoms with Crippen LogP contribution in [0.5, 0.6) is 0 Å². The molecular weight excluding hydrogens is 270 g/mol. The number of nitrogens with zero attached hydrogens (tertiary/aromatic N) is 2. The first-order valence-corrected chi connectivity index (χ1v) is 7.35. The quantitative estimate of drug-likeness (QED) is 0.668. The maximum absolute atomic E-state index is 12.6. The fraction of sp³-hybridized carbons (Fsp3) is 0.533. The van der Waals surface area contributed by atoms with E-state index in [1.54, 1.807) is 19.2 Å². The number of rotatable bonds is 5. The van der Waals surface area contributed by atoms with E-state index < -0.39 is 4.92 Å². The second-order valence-electron chi connectivity index (χ2n) is 5.27. The third-order valence-electron chi connectivity index (χ3n) is 4.08. The van der Waals surface area contributed by atoms with Crippen LogP contribution in [-0.4, -0.2) is 35.4 Å². The molecular formula is C15H21N3O3. The fourth-order valence-electron chi connectivity index (χ4n) is 2.98. The average molecular weight is 291 g/mol. The summed E-state index contributed by atoms with van der Waals surface area (Å²) in [6.45, 7) is 2.58. The summed E-state index contributed by atoms with van der Waals surface area (Å²) in [5.74, 6) is -0.116. The van der Waals surface area contributed by atoms with Crippen molar-refractivity contribution < 1.29 is 9.72 Å². The Balaban J connectivity index is 2.29. The standard InChI is InChI=1S/C15H21N3O3/c1-3-17(12-6-4-5-7-12)15(19)11-8-9-13(16-2)14(10-11)18(20)21/h8-10,12,16H,3-7H2,1-2H3. The van der Waals surface area contributed by atoms with Gasteiger partial charge in [-0.15, -0.1) is 0 Å². The molecule has 1 aliphatic rings. The lowest BCUT2D eigenvalue weighted by Gasteiger charge is -2.27. The lowest BCUT2D eigenvalue weighted by Crippen LogP contribution is -2.38. The van der Waals surface area contributed by atoms with E-state index in [1.807, 2.05) is 11.8 Å². The number of amides is 1. The molecule has 1 aromatic carbocycles. The van der Waals surface area contributed by atoms with Gasteiger partial charge in [-0.3, -0.25) is 14.9 Å². The topological polar surface area (TPSA) is 75.5 Å². The van der Waals surface area contributed by atoms with Crippen LogP contribution >= 0.6 is 0 Å². The van der Waals surface area contributed by atoms with Crippen molar-refractivity contribution in [3.05, 3.63) is 33.9 Å². The Bertz CT molecular complexity index is 539. The largest absolute Gasteiger partial charge is 0.383 e. The first-order valence-electron chi connectivity index (χ1n) is 7.35. The van der Waals surface area contributed by atoms with Crippen molar-refractivity contribution in [3.8, 4) is 0 Å². The van der Waals surface area contributed by atoms with Crippen molar-refractivity contribution >= 4 is 17.3 Å². The Labute approximate surface area is 124 Å². The second-order valence-corrected chi connectivity index (χ2v) is 5.27. The number of nitro groups is 1. The van der Waals surface area contributed by atoms with E-state index in [0.717, 1.165) is 25.7 Å². The van der Waals surface area contributed by atoms with Gasteiger partial charge in [-0.1, -0.05) is 12.8 Å². The number of carbonyl (C=O) groups is 1. The van der Waals surface area contributed by atoms with E-state index in [1.165, 1.54) is 6.07 Å². The van der Waals surface area contributed by atoms with Gasteiger partial charge >= 0.3 is 0 Å². The van der Waals surface area contributed by atoms with Crippen molar-refractivity contribution in [1.29, 1.82) is 0 Å². The average Bonchev–Trinajstić information content (AvgIpc) is 3.01. The lowest BCUT2D eigenvalue weighted by atomic mass is 10.1. The summed E-state index contributed by atoms with van der Waals surface area (Å²) in [6, 6.07) is 4.88. The summed E-state index contributed by atoms with van der Waals surface area (Å²) in [4.78, 5) is 25.1. The van der Waals surface area contributed by atoms with Crippen LogP contribution in [0.4, 0.5) is 11.4 Å². The van der Waals surface area contributed by atoms with Crippen molar-refractivity contribution in [2.45, 2.75) is 38.6 Å². The molecule has 21 heavy (non-hydrogen) atoms. The molecule has 6 heteroatoms. The zero-order chi connectivity index (χ0) is 15.4. The molecule has 1 aromatic rings. The van der Waals surface area contributed by atoms with Gasteiger partial charge in [0.15, 0.2) is 0 Å². The van der Waals surface area contributed by atoms with Gasteiger partial charge in [0.05, 0.1) is 4.92 Å². The van der Waals surface area contributed by atoms with Gasteiger partial charge in [0, 0.05) is 31.3 Å². The molecule has 1 N–H and O–H groups in total. The number of hydrogen-bond donors (Lipinski definition) is 1. The molecule has 1 fully saturated rings. The van der Waals surface area contributed by atoms with E-state index in [9.17, 15) is 14.9 Å². The zero-order valence-corrected chi connectivity index (χ0v) is 12.5. The van der Waals surface area contributed by atoms with E-state index in [2.05, 4.69) is 5.32 Å². The minimum absolute atomic E-state index is 0.0641. The smallest absolute Gasteiger partial charge is 0.293 e. The molecule has 0 bridgehead atoms. The summed E-state index contributed by atoms with van der Waals surface area (Å²) in [7, 11) is 1.63. The first kappa shape index (κ1) is 15.3. The van der Waals surface area contributed by atoms with Crippen LogP contribution in [0.1, 0.15) is 43.0 Å². The summed E-state index contributed by atoms with van der Waals surface area (Å²) < 4.78 is 0.